The van der Waals surface area contributed by atoms with Crippen LogP contribution in [0.3, 0.4) is 0 Å². The Kier molecular flexibility index (Phi) is 15.5. The zero-order valence-corrected chi connectivity index (χ0v) is 34.7. The van der Waals surface area contributed by atoms with Gasteiger partial charge >= 0.3 is 6.03 Å². The Hall–Kier alpha value is -4.54. The van der Waals surface area contributed by atoms with Crippen LogP contribution in [0.2, 0.25) is 0 Å². The lowest BCUT2D eigenvalue weighted by atomic mass is 10.0. The third-order valence-corrected chi connectivity index (χ3v) is 12.0. The fourth-order valence-corrected chi connectivity index (χ4v) is 7.88. The monoisotopic (exact) mass is 809 g/mol. The van der Waals surface area contributed by atoms with Crippen molar-refractivity contribution in [1.82, 2.24) is 14.4 Å². The Labute approximate surface area is 335 Å². The van der Waals surface area contributed by atoms with Crippen LogP contribution in [0.1, 0.15) is 62.6 Å². The molecule has 2 N–H and O–H groups in total. The summed E-state index contributed by atoms with van der Waals surface area (Å²) in [5.41, 5.74) is 3.52. The lowest BCUT2D eigenvalue weighted by Gasteiger charge is -2.36. The van der Waals surface area contributed by atoms with Crippen LogP contribution in [0.25, 0.3) is 0 Å². The number of sulfonamides is 1. The molecule has 1 aliphatic heterocycles. The van der Waals surface area contributed by atoms with E-state index in [4.69, 9.17) is 23.5 Å². The molecule has 0 fully saturated rings. The number of hydrogen-bond acceptors (Lipinski definition) is 10. The number of urea groups is 1. The number of anilines is 2. The number of ether oxygens (including phenoxy) is 4. The quantitative estimate of drug-likeness (QED) is 0.146. The summed E-state index contributed by atoms with van der Waals surface area (Å²) >= 11 is 0. The Bertz CT molecular complexity index is 1990. The Morgan fingerprint density at radius 2 is 1.79 bits per heavy atom. The topological polar surface area (TPSA) is 145 Å². The van der Waals surface area contributed by atoms with Gasteiger partial charge in [-0.25, -0.2) is 17.6 Å². The second-order valence-electron chi connectivity index (χ2n) is 14.8. The number of likely N-dealkylation sites (N-methyl/N-ethyl adjacent to an activating group) is 1. The fourth-order valence-electron chi connectivity index (χ4n) is 6.69. The molecule has 13 nitrogen and oxygen atoms in total. The third kappa shape index (κ3) is 12.2. The Morgan fingerprint density at radius 3 is 2.47 bits per heavy atom. The molecule has 0 aliphatic carbocycles. The number of carbonyl (C=O) groups is 1. The lowest BCUT2D eigenvalue weighted by molar-refractivity contribution is -0.0168. The van der Waals surface area contributed by atoms with Gasteiger partial charge in [0.1, 0.15) is 28.7 Å². The van der Waals surface area contributed by atoms with E-state index in [2.05, 4.69) is 34.5 Å². The van der Waals surface area contributed by atoms with E-state index >= 15 is 0 Å². The van der Waals surface area contributed by atoms with Crippen LogP contribution in [-0.2, 0) is 32.6 Å². The lowest BCUT2D eigenvalue weighted by Crippen LogP contribution is -2.45. The van der Waals surface area contributed by atoms with Crippen molar-refractivity contribution in [3.05, 3.63) is 95.1 Å². The normalized spacial score (nSPS) is 19.2. The highest BCUT2D eigenvalue weighted by atomic mass is 32.2. The van der Waals surface area contributed by atoms with Crippen molar-refractivity contribution in [1.29, 1.82) is 0 Å². The zero-order valence-electron chi connectivity index (χ0n) is 33.9. The minimum absolute atomic E-state index is 0.0135. The van der Waals surface area contributed by atoms with Gasteiger partial charge in [-0.3, -0.25) is 4.90 Å². The van der Waals surface area contributed by atoms with Gasteiger partial charge in [-0.15, -0.1) is 0 Å². The van der Waals surface area contributed by atoms with Crippen molar-refractivity contribution in [2.24, 2.45) is 5.92 Å². The van der Waals surface area contributed by atoms with Crippen LogP contribution in [0, 0.1) is 25.6 Å². The third-order valence-electron chi connectivity index (χ3n) is 10.2. The molecular weight excluding hydrogens is 754 g/mol. The van der Waals surface area contributed by atoms with Crippen LogP contribution >= 0.6 is 0 Å². The summed E-state index contributed by atoms with van der Waals surface area (Å²) in [4.78, 5) is 15.4. The van der Waals surface area contributed by atoms with E-state index in [0.717, 1.165) is 48.3 Å². The Balaban J connectivity index is 1.41. The molecule has 3 aromatic carbocycles. The number of aryl methyl sites for hydroxylation is 2. The maximum atomic E-state index is 13.7. The minimum Gasteiger partial charge on any atom is -0.497 e. The molecule has 0 saturated heterocycles. The van der Waals surface area contributed by atoms with Gasteiger partial charge in [-0.1, -0.05) is 24.2 Å². The first kappa shape index (κ1) is 43.6. The average Bonchev–Trinajstić information content (AvgIpc) is 3.49. The molecule has 15 heteroatoms. The smallest absolute Gasteiger partial charge is 0.323 e. The molecule has 0 bridgehead atoms. The van der Waals surface area contributed by atoms with E-state index in [1.54, 1.807) is 21.0 Å². The number of halogens is 1. The molecular formula is C42H56FN5O8S. The van der Waals surface area contributed by atoms with Crippen LogP contribution in [-0.4, -0.2) is 87.5 Å². The molecule has 2 heterocycles. The van der Waals surface area contributed by atoms with Gasteiger partial charge in [-0.05, 0) is 113 Å². The first-order chi connectivity index (χ1) is 27.2. The van der Waals surface area contributed by atoms with Crippen molar-refractivity contribution >= 4 is 27.4 Å². The van der Waals surface area contributed by atoms with Gasteiger partial charge in [0.2, 0.25) is 10.0 Å². The summed E-state index contributed by atoms with van der Waals surface area (Å²) in [5.74, 6) is 1.33. The number of aromatic nitrogens is 1. The number of hydrogen-bond donors (Lipinski definition) is 2. The zero-order chi connectivity index (χ0) is 41.1. The summed E-state index contributed by atoms with van der Waals surface area (Å²) < 4.78 is 71.9. The number of nitrogens with zero attached hydrogens (tertiary/aromatic N) is 3. The number of amides is 2. The molecule has 57 heavy (non-hydrogen) atoms. The van der Waals surface area contributed by atoms with Gasteiger partial charge in [0.15, 0.2) is 5.76 Å². The van der Waals surface area contributed by atoms with Gasteiger partial charge in [0.05, 0.1) is 37.4 Å². The molecule has 0 unspecified atom stereocenters. The molecule has 1 aromatic heterocycles. The maximum Gasteiger partial charge on any atom is 0.323 e. The standard InChI is InChI=1S/C42H56FN5O8S/c1-28-23-48(29(2)26-53-27-33-11-16-37(52-7)17-12-33)24-34-22-36(44-42(49)45-41-31(4)46-56-32(41)5)15-20-39(34)55-30(3)10-8-9-21-54-40(28)25-47(6)57(50,51)38-18-13-35(43)14-19-38/h11-20,22,28-30,40H,8-10,21,23-27H2,1-7H3,(H2,44,45,49)/t28-,29+,30+,40+/m1/s1. The number of rotatable bonds is 12. The first-order valence-electron chi connectivity index (χ1n) is 19.3. The van der Waals surface area contributed by atoms with E-state index in [-0.39, 0.29) is 29.5 Å². The van der Waals surface area contributed by atoms with Gasteiger partial charge < -0.3 is 34.1 Å². The highest BCUT2D eigenvalue weighted by Gasteiger charge is 2.30. The molecule has 0 saturated carbocycles. The molecule has 0 spiro atoms. The number of nitrogens with one attached hydrogen (secondary N) is 2. The molecule has 4 aromatic rings. The van der Waals surface area contributed by atoms with E-state index in [9.17, 15) is 17.6 Å². The summed E-state index contributed by atoms with van der Waals surface area (Å²) in [6.45, 7) is 12.0. The van der Waals surface area contributed by atoms with E-state index in [1.807, 2.05) is 49.4 Å². The van der Waals surface area contributed by atoms with Crippen LogP contribution in [0.4, 0.5) is 20.6 Å². The largest absolute Gasteiger partial charge is 0.497 e. The van der Waals surface area contributed by atoms with E-state index < -0.39 is 28.0 Å². The highest BCUT2D eigenvalue weighted by Crippen LogP contribution is 2.29. The summed E-state index contributed by atoms with van der Waals surface area (Å²) in [5, 5.41) is 9.70. The molecule has 5 rings (SSSR count). The minimum atomic E-state index is -3.92. The molecule has 2 amide bonds. The predicted octanol–water partition coefficient (Wildman–Crippen LogP) is 7.78. The van der Waals surface area contributed by atoms with E-state index in [0.29, 0.717) is 61.5 Å². The van der Waals surface area contributed by atoms with Gasteiger partial charge in [0.25, 0.3) is 0 Å². The van der Waals surface area contributed by atoms with Crippen LogP contribution in [0.5, 0.6) is 11.5 Å². The van der Waals surface area contributed by atoms with Crippen LogP contribution < -0.4 is 20.1 Å². The van der Waals surface area contributed by atoms with Crippen molar-refractivity contribution in [2.45, 2.75) is 90.2 Å². The number of methoxy groups -OCH3 is 1. The Morgan fingerprint density at radius 1 is 1.05 bits per heavy atom. The molecule has 310 valence electrons. The van der Waals surface area contributed by atoms with Crippen molar-refractivity contribution in [3.63, 3.8) is 0 Å². The van der Waals surface area contributed by atoms with Crippen molar-refractivity contribution < 1.29 is 41.1 Å². The van der Waals surface area contributed by atoms with Crippen molar-refractivity contribution in [3.8, 4) is 11.5 Å². The summed E-state index contributed by atoms with van der Waals surface area (Å²) in [6.07, 6.45) is 1.82. The summed E-state index contributed by atoms with van der Waals surface area (Å²) in [6, 6.07) is 17.7. The first-order valence-corrected chi connectivity index (χ1v) is 20.8. The second kappa shape index (κ2) is 20.2. The highest BCUT2D eigenvalue weighted by molar-refractivity contribution is 7.89. The number of benzene rings is 3. The second-order valence-corrected chi connectivity index (χ2v) is 16.8. The van der Waals surface area contributed by atoms with E-state index in [1.165, 1.54) is 23.5 Å². The fraction of sp³-hybridized carbons (Fsp3) is 0.476. The predicted molar refractivity (Wildman–Crippen MR) is 217 cm³/mol. The van der Waals surface area contributed by atoms with Crippen LogP contribution in [0.15, 0.2) is 76.1 Å². The number of carbonyl (C=O) groups excluding carboxylic acids is 1. The molecule has 0 radical (unpaired) electrons. The SMILES string of the molecule is COc1ccc(COC[C@H](C)N2Cc3cc(NC(=O)Nc4c(C)noc4C)ccc3O[C@@H](C)CCCCO[C@@H](CN(C)S(=O)(=O)c3ccc(F)cc3)[C@H](C)C2)cc1. The molecule has 4 atom stereocenters. The van der Waals surface area contributed by atoms with Crippen molar-refractivity contribution in [2.75, 3.05) is 51.1 Å². The summed E-state index contributed by atoms with van der Waals surface area (Å²) in [7, 11) is -0.758. The van der Waals surface area contributed by atoms with Gasteiger partial charge in [-0.2, -0.15) is 4.31 Å². The van der Waals surface area contributed by atoms with Gasteiger partial charge in [0, 0.05) is 50.6 Å². The molecule has 1 aliphatic rings. The maximum absolute atomic E-state index is 13.7. The average molecular weight is 810 g/mol. The number of fused-ring (bicyclic) bond motifs is 1.